The van der Waals surface area contributed by atoms with Gasteiger partial charge in [0, 0.05) is 5.22 Å². The van der Waals surface area contributed by atoms with Gasteiger partial charge in [-0.15, -0.1) is 9.97 Å². The Morgan fingerprint density at radius 1 is 0.500 bits per heavy atom. The van der Waals surface area contributed by atoms with Crippen LogP contribution in [0.15, 0.2) is 0 Å². The van der Waals surface area contributed by atoms with Gasteiger partial charge in [-0.3, -0.25) is 0 Å². The normalized spacial score (nSPS) is 10.8. The van der Waals surface area contributed by atoms with Crippen molar-refractivity contribution in [3.8, 4) is 36.4 Å². The molecule has 0 spiro atoms. The van der Waals surface area contributed by atoms with Crippen molar-refractivity contribution in [1.29, 1.82) is 31.6 Å². The predicted molar refractivity (Wildman–Crippen MR) is 159 cm³/mol. The molecule has 0 amide bonds. The van der Waals surface area contributed by atoms with Gasteiger partial charge in [0.05, 0.1) is 30.5 Å². The van der Waals surface area contributed by atoms with Gasteiger partial charge in [0.2, 0.25) is 11.0 Å². The Morgan fingerprint density at radius 3 is 1.14 bits per heavy atom. The highest BCUT2D eigenvalue weighted by atomic mass is 19.2. The number of hydrogen-bond donors (Lipinski definition) is 0. The van der Waals surface area contributed by atoms with E-state index in [1.807, 2.05) is 0 Å². The lowest BCUT2D eigenvalue weighted by atomic mass is 10.1. The van der Waals surface area contributed by atoms with E-state index < -0.39 is 44.8 Å². The molecule has 0 unspecified atom stereocenters. The van der Waals surface area contributed by atoms with E-state index in [4.69, 9.17) is 36.8 Å². The van der Waals surface area contributed by atoms with E-state index in [9.17, 15) is 34.2 Å². The number of rotatable bonds is 0. The number of halogens is 3. The molecule has 0 saturated carbocycles. The molecule has 50 heavy (non-hydrogen) atoms. The molecule has 0 bridgehead atoms. The molecule has 0 radical (unpaired) electrons. The zero-order chi connectivity index (χ0) is 36.9. The number of nitrogens with zero attached hydrogens (tertiary/aromatic N) is 16. The zero-order valence-electron chi connectivity index (χ0n) is 24.3. The lowest BCUT2D eigenvalue weighted by Crippen LogP contribution is -2.29. The first-order chi connectivity index (χ1) is 24.0. The third kappa shape index (κ3) is 5.27. The molecule has 0 atom stereocenters. The van der Waals surface area contributed by atoms with Gasteiger partial charge in [0.1, 0.15) is 52.2 Å². The van der Waals surface area contributed by atoms with E-state index in [0.717, 1.165) is 6.92 Å². The first-order valence-corrected chi connectivity index (χ1v) is 12.6. The van der Waals surface area contributed by atoms with Crippen molar-refractivity contribution >= 4 is 56.1 Å². The maximum absolute atomic E-state index is 14.0. The van der Waals surface area contributed by atoms with Crippen molar-refractivity contribution < 1.29 is 13.2 Å². The highest BCUT2D eigenvalue weighted by Gasteiger charge is 2.26. The number of fused-ring (bicyclic) bond motifs is 6. The quantitative estimate of drug-likeness (QED) is 0.132. The monoisotopic (exact) mass is 656 g/mol. The minimum atomic E-state index is -1.77. The van der Waals surface area contributed by atoms with Crippen molar-refractivity contribution in [2.24, 2.45) is 0 Å². The van der Waals surface area contributed by atoms with Gasteiger partial charge in [0.15, 0.2) is 34.4 Å². The van der Waals surface area contributed by atoms with E-state index in [2.05, 4.69) is 49.3 Å². The van der Waals surface area contributed by atoms with Crippen molar-refractivity contribution in [1.82, 2.24) is 29.9 Å². The Morgan fingerprint density at radius 2 is 0.820 bits per heavy atom. The van der Waals surface area contributed by atoms with Crippen LogP contribution in [0.3, 0.4) is 0 Å². The summed E-state index contributed by atoms with van der Waals surface area (Å²) < 4.78 is 41.7. The molecule has 3 heterocycles. The Balaban J connectivity index is 0.000000246. The van der Waals surface area contributed by atoms with Crippen LogP contribution in [0.1, 0.15) is 28.3 Å². The summed E-state index contributed by atoms with van der Waals surface area (Å²) in [7, 11) is 0. The summed E-state index contributed by atoms with van der Waals surface area (Å²) in [5, 5.41) is 52.6. The van der Waals surface area contributed by atoms with Gasteiger partial charge in [-0.1, -0.05) is 13.1 Å². The summed E-state index contributed by atoms with van der Waals surface area (Å²) in [6.45, 7) is 28.8. The molecule has 3 aromatic heterocycles. The molecule has 0 aliphatic rings. The lowest BCUT2D eigenvalue weighted by Gasteiger charge is -2.06. The molecular weight excluding hydrogens is 653 g/mol. The third-order valence-electron chi connectivity index (χ3n) is 6.42. The van der Waals surface area contributed by atoms with E-state index in [-0.39, 0.29) is 67.5 Å². The third-order valence-corrected chi connectivity index (χ3v) is 6.42. The number of nitriles is 6. The summed E-state index contributed by atoms with van der Waals surface area (Å²) in [6, 6.07) is 9.64. The molecule has 0 fully saturated rings. The topological polar surface area (TPSA) is 238 Å². The summed E-state index contributed by atoms with van der Waals surface area (Å²) >= 11 is 0. The van der Waals surface area contributed by atoms with Gasteiger partial charge in [-0.25, -0.2) is 53.3 Å². The van der Waals surface area contributed by atoms with Crippen LogP contribution in [-0.2, 0) is 0 Å². The molecule has 2 aromatic carbocycles. The summed E-state index contributed by atoms with van der Waals surface area (Å²) in [5.41, 5.74) is -3.47. The summed E-state index contributed by atoms with van der Waals surface area (Å²) in [5.74, 6) is -5.36. The maximum atomic E-state index is 14.0. The smallest absolute Gasteiger partial charge is 0.307 e. The SMILES string of the molecule is [C-]#[N+]/C(C#N)=c1/c(C)c(F)/c(=C(\C#N)[N+]#[C-])c(F)c1F.[C-]#[N+]c1nc2c(nc1C#N)c1nc(C#N)c(C#N)nc1c1nc(C#N)c([N+]#[C-])nc12. The Kier molecular flexibility index (Phi) is 9.11. The summed E-state index contributed by atoms with van der Waals surface area (Å²) in [6.07, 6.45) is 0. The highest BCUT2D eigenvalue weighted by Crippen LogP contribution is 2.33. The first-order valence-electron chi connectivity index (χ1n) is 12.6. The largest absolute Gasteiger partial charge is 0.358 e. The molecule has 228 valence electrons. The molecule has 5 aromatic rings. The summed E-state index contributed by atoms with van der Waals surface area (Å²) in [4.78, 5) is 36.4. The predicted octanol–water partition coefficient (Wildman–Crippen LogP) is 3.62. The second-order valence-electron chi connectivity index (χ2n) is 8.94. The molecule has 0 aliphatic carbocycles. The van der Waals surface area contributed by atoms with Gasteiger partial charge < -0.3 is 9.69 Å². The van der Waals surface area contributed by atoms with Crippen molar-refractivity contribution in [2.45, 2.75) is 6.92 Å². The van der Waals surface area contributed by atoms with Crippen LogP contribution in [0.4, 0.5) is 24.8 Å². The van der Waals surface area contributed by atoms with E-state index in [1.54, 1.807) is 24.3 Å². The maximum Gasteiger partial charge on any atom is 0.307 e. The minimum absolute atomic E-state index is 0.00714. The lowest BCUT2D eigenvalue weighted by molar-refractivity contribution is 0.476. The number of benzene rings is 2. The molecule has 19 heteroatoms. The molecule has 0 aliphatic heterocycles. The molecule has 5 rings (SSSR count). The molecule has 0 N–H and O–H groups in total. The van der Waals surface area contributed by atoms with Crippen LogP contribution in [0.25, 0.3) is 63.9 Å². The van der Waals surface area contributed by atoms with E-state index in [0.29, 0.717) is 0 Å². The number of aromatic nitrogens is 6. The van der Waals surface area contributed by atoms with Crippen LogP contribution in [-0.4, -0.2) is 29.9 Å². The zero-order valence-corrected chi connectivity index (χ0v) is 24.3. The van der Waals surface area contributed by atoms with Crippen molar-refractivity contribution in [3.05, 3.63) is 102 Å². The molecule has 0 saturated heterocycles. The van der Waals surface area contributed by atoms with Crippen molar-refractivity contribution in [2.75, 3.05) is 0 Å². The average Bonchev–Trinajstić information content (AvgIpc) is 3.15. The van der Waals surface area contributed by atoms with Crippen LogP contribution >= 0.6 is 0 Å². The van der Waals surface area contributed by atoms with Crippen molar-refractivity contribution in [3.63, 3.8) is 0 Å². The standard InChI is InChI=1S/C18N12.C13H3F3N4/c1-23-17-9(5-21)27-13-11-12(26-8(4-20)7(3-19)25-11)14-16(15(13)29-17)30-18(24-2)10(6-22)28-14;1-6-9(7(4-17)19-2)12(15)13(16)10(11(6)14)8(5-18)20-3/h;1H3/b;9-7-,10-8-. The van der Waals surface area contributed by atoms with Crippen LogP contribution in [0, 0.1) is 119 Å². The van der Waals surface area contributed by atoms with Gasteiger partial charge in [-0.05, 0) is 12.5 Å². The fourth-order valence-corrected chi connectivity index (χ4v) is 4.28. The Bertz CT molecular complexity index is 2490. The van der Waals surface area contributed by atoms with Crippen LogP contribution < -0.4 is 10.4 Å². The molecule has 16 nitrogen and oxygen atoms in total. The van der Waals surface area contributed by atoms with E-state index >= 15 is 0 Å². The molecular formula is C31H3F3N16. The second-order valence-corrected chi connectivity index (χ2v) is 8.94. The highest BCUT2D eigenvalue weighted by molar-refractivity contribution is 6.18. The van der Waals surface area contributed by atoms with Crippen LogP contribution in [0.5, 0.6) is 0 Å². The van der Waals surface area contributed by atoms with Gasteiger partial charge >= 0.3 is 11.6 Å². The fraction of sp³-hybridized carbons (Fsp3) is 0.0323. The van der Waals surface area contributed by atoms with E-state index in [1.165, 1.54) is 12.1 Å². The van der Waals surface area contributed by atoms with Crippen LogP contribution in [0.2, 0.25) is 0 Å². The average molecular weight is 656 g/mol. The Labute approximate surface area is 275 Å². The van der Waals surface area contributed by atoms with Gasteiger partial charge in [-0.2, -0.15) is 21.0 Å². The minimum Gasteiger partial charge on any atom is -0.358 e. The fourth-order valence-electron chi connectivity index (χ4n) is 4.28. The first kappa shape index (κ1) is 33.8. The second kappa shape index (κ2) is 13.5. The Hall–Kier alpha value is -9.11. The van der Waals surface area contributed by atoms with Gasteiger partial charge in [0.25, 0.3) is 11.4 Å². The number of hydrogen-bond acceptors (Lipinski definition) is 12.